The van der Waals surface area contributed by atoms with Crippen molar-refractivity contribution in [3.05, 3.63) is 81.6 Å². The van der Waals surface area contributed by atoms with Crippen LogP contribution in [0.4, 0.5) is 17.1 Å². The van der Waals surface area contributed by atoms with Crippen molar-refractivity contribution in [1.29, 1.82) is 0 Å². The Kier molecular flexibility index (Phi) is 6.53. The third kappa shape index (κ3) is 4.99. The van der Waals surface area contributed by atoms with E-state index in [9.17, 15) is 14.9 Å². The second-order valence-electron chi connectivity index (χ2n) is 7.06. The van der Waals surface area contributed by atoms with Crippen molar-refractivity contribution < 1.29 is 18.9 Å². The van der Waals surface area contributed by atoms with Crippen LogP contribution in [0, 0.1) is 10.1 Å². The molecular formula is C23H20ClN3O5. The lowest BCUT2D eigenvalue weighted by Gasteiger charge is -2.29. The zero-order valence-corrected chi connectivity index (χ0v) is 17.7. The molecule has 8 nitrogen and oxygen atoms in total. The van der Waals surface area contributed by atoms with E-state index in [4.69, 9.17) is 20.8 Å². The standard InChI is InChI=1S/C23H20ClN3O5/c24-19-15-16(5-8-21(19)26-11-13-31-14-12-26)25-23(28)10-7-17-6-9-22(32-17)18-3-1-2-4-20(18)27(29)30/h1-10,15H,11-14H2,(H,25,28). The van der Waals surface area contributed by atoms with Gasteiger partial charge in [0.2, 0.25) is 5.91 Å². The quantitative estimate of drug-likeness (QED) is 0.320. The van der Waals surface area contributed by atoms with Crippen molar-refractivity contribution >= 4 is 40.6 Å². The lowest BCUT2D eigenvalue weighted by molar-refractivity contribution is -0.384. The first-order chi connectivity index (χ1) is 15.5. The van der Waals surface area contributed by atoms with Crippen molar-refractivity contribution in [2.45, 2.75) is 0 Å². The van der Waals surface area contributed by atoms with Crippen LogP contribution in [0.5, 0.6) is 0 Å². The van der Waals surface area contributed by atoms with Gasteiger partial charge in [-0.25, -0.2) is 0 Å². The van der Waals surface area contributed by atoms with Crippen LogP contribution < -0.4 is 10.2 Å². The molecule has 2 heterocycles. The maximum Gasteiger partial charge on any atom is 0.280 e. The topological polar surface area (TPSA) is 97.8 Å². The van der Waals surface area contributed by atoms with Gasteiger partial charge in [-0.05, 0) is 42.5 Å². The highest BCUT2D eigenvalue weighted by Crippen LogP contribution is 2.31. The predicted molar refractivity (Wildman–Crippen MR) is 123 cm³/mol. The van der Waals surface area contributed by atoms with Crippen molar-refractivity contribution in [3.63, 3.8) is 0 Å². The molecule has 1 aliphatic rings. The predicted octanol–water partition coefficient (Wildman–Crippen LogP) is 5.00. The van der Waals surface area contributed by atoms with Gasteiger partial charge in [-0.3, -0.25) is 14.9 Å². The maximum atomic E-state index is 12.3. The number of hydrogen-bond acceptors (Lipinski definition) is 6. The smallest absolute Gasteiger partial charge is 0.280 e. The number of anilines is 2. The molecule has 3 aromatic rings. The Balaban J connectivity index is 1.41. The number of halogens is 1. The summed E-state index contributed by atoms with van der Waals surface area (Å²) in [5.41, 5.74) is 1.80. The highest BCUT2D eigenvalue weighted by Gasteiger charge is 2.17. The number of amides is 1. The number of para-hydroxylation sites is 1. The van der Waals surface area contributed by atoms with Gasteiger partial charge in [-0.1, -0.05) is 23.7 Å². The maximum absolute atomic E-state index is 12.3. The average Bonchev–Trinajstić information content (AvgIpc) is 3.27. The normalized spacial score (nSPS) is 14.0. The summed E-state index contributed by atoms with van der Waals surface area (Å²) in [7, 11) is 0. The minimum absolute atomic E-state index is 0.0486. The van der Waals surface area contributed by atoms with Gasteiger partial charge in [-0.2, -0.15) is 0 Å². The molecule has 0 saturated carbocycles. The molecule has 1 amide bonds. The van der Waals surface area contributed by atoms with Crippen molar-refractivity contribution in [2.24, 2.45) is 0 Å². The summed E-state index contributed by atoms with van der Waals surface area (Å²) in [6.07, 6.45) is 2.82. The van der Waals surface area contributed by atoms with Gasteiger partial charge in [0.1, 0.15) is 11.5 Å². The molecule has 4 rings (SSSR count). The summed E-state index contributed by atoms with van der Waals surface area (Å²) in [4.78, 5) is 25.2. The van der Waals surface area contributed by atoms with Crippen LogP contribution in [0.1, 0.15) is 5.76 Å². The molecule has 1 fully saturated rings. The fraction of sp³-hybridized carbons (Fsp3) is 0.174. The molecule has 9 heteroatoms. The minimum Gasteiger partial charge on any atom is -0.456 e. The SMILES string of the molecule is O=C(C=Cc1ccc(-c2ccccc2[N+](=O)[O-])o1)Nc1ccc(N2CCOCC2)c(Cl)c1. The highest BCUT2D eigenvalue weighted by atomic mass is 35.5. The summed E-state index contributed by atoms with van der Waals surface area (Å²) < 4.78 is 11.0. The van der Waals surface area contributed by atoms with Crippen LogP contribution in [-0.4, -0.2) is 37.1 Å². The van der Waals surface area contributed by atoms with Crippen LogP contribution >= 0.6 is 11.6 Å². The highest BCUT2D eigenvalue weighted by molar-refractivity contribution is 6.33. The third-order valence-corrected chi connectivity index (χ3v) is 5.26. The van der Waals surface area contributed by atoms with Crippen LogP contribution in [0.3, 0.4) is 0 Å². The van der Waals surface area contributed by atoms with E-state index in [0.717, 1.165) is 18.8 Å². The van der Waals surface area contributed by atoms with Gasteiger partial charge in [0.05, 0.1) is 34.4 Å². The Morgan fingerprint density at radius 1 is 1.12 bits per heavy atom. The Morgan fingerprint density at radius 3 is 2.66 bits per heavy atom. The molecule has 1 N–H and O–H groups in total. The molecule has 32 heavy (non-hydrogen) atoms. The summed E-state index contributed by atoms with van der Waals surface area (Å²) >= 11 is 6.40. The van der Waals surface area contributed by atoms with Gasteiger partial charge >= 0.3 is 0 Å². The Hall–Kier alpha value is -3.62. The monoisotopic (exact) mass is 453 g/mol. The minimum atomic E-state index is -0.462. The van der Waals surface area contributed by atoms with E-state index >= 15 is 0 Å². The first-order valence-electron chi connectivity index (χ1n) is 9.96. The second kappa shape index (κ2) is 9.67. The van der Waals surface area contributed by atoms with Crippen molar-refractivity contribution in [1.82, 2.24) is 0 Å². The number of nitro benzene ring substituents is 1. The number of morpholine rings is 1. The molecule has 0 unspecified atom stereocenters. The molecule has 164 valence electrons. The molecule has 0 spiro atoms. The molecule has 1 aliphatic heterocycles. The molecule has 1 aromatic heterocycles. The number of nitrogens with one attached hydrogen (secondary N) is 1. The van der Waals surface area contributed by atoms with E-state index < -0.39 is 4.92 Å². The molecule has 0 bridgehead atoms. The Labute approximate surface area is 189 Å². The zero-order chi connectivity index (χ0) is 22.5. The number of nitrogens with zero attached hydrogens (tertiary/aromatic N) is 2. The summed E-state index contributed by atoms with van der Waals surface area (Å²) in [6, 6.07) is 15.0. The van der Waals surface area contributed by atoms with Crippen molar-refractivity contribution in [2.75, 3.05) is 36.5 Å². The molecular weight excluding hydrogens is 434 g/mol. The van der Waals surface area contributed by atoms with Gasteiger partial charge in [-0.15, -0.1) is 0 Å². The number of carbonyl (C=O) groups is 1. The fourth-order valence-electron chi connectivity index (χ4n) is 3.42. The molecule has 0 atom stereocenters. The van der Waals surface area contributed by atoms with E-state index in [1.54, 1.807) is 42.5 Å². The summed E-state index contributed by atoms with van der Waals surface area (Å²) in [5.74, 6) is 0.390. The van der Waals surface area contributed by atoms with E-state index in [1.807, 2.05) is 6.07 Å². The first kappa shape index (κ1) is 21.6. The number of furan rings is 1. The van der Waals surface area contributed by atoms with Crippen LogP contribution in [0.2, 0.25) is 5.02 Å². The molecule has 0 aliphatic carbocycles. The number of nitro groups is 1. The van der Waals surface area contributed by atoms with Crippen LogP contribution in [0.25, 0.3) is 17.4 Å². The average molecular weight is 454 g/mol. The third-order valence-electron chi connectivity index (χ3n) is 4.96. The lowest BCUT2D eigenvalue weighted by atomic mass is 10.1. The number of benzene rings is 2. The molecule has 2 aromatic carbocycles. The lowest BCUT2D eigenvalue weighted by Crippen LogP contribution is -2.36. The number of rotatable bonds is 6. The summed E-state index contributed by atoms with van der Waals surface area (Å²) in [5, 5.41) is 14.5. The van der Waals surface area contributed by atoms with Gasteiger partial charge < -0.3 is 19.4 Å². The van der Waals surface area contributed by atoms with Crippen LogP contribution in [-0.2, 0) is 9.53 Å². The second-order valence-corrected chi connectivity index (χ2v) is 7.47. The molecule has 1 saturated heterocycles. The fourth-order valence-corrected chi connectivity index (χ4v) is 3.72. The zero-order valence-electron chi connectivity index (χ0n) is 17.0. The van der Waals surface area contributed by atoms with Crippen molar-refractivity contribution in [3.8, 4) is 11.3 Å². The Bertz CT molecular complexity index is 1170. The van der Waals surface area contributed by atoms with E-state index in [2.05, 4.69) is 10.2 Å². The van der Waals surface area contributed by atoms with E-state index in [1.165, 1.54) is 18.2 Å². The van der Waals surface area contributed by atoms with Gasteiger partial charge in [0, 0.05) is 30.9 Å². The van der Waals surface area contributed by atoms with Crippen LogP contribution in [0.15, 0.2) is 65.1 Å². The van der Waals surface area contributed by atoms with Gasteiger partial charge in [0.15, 0.2) is 0 Å². The summed E-state index contributed by atoms with van der Waals surface area (Å²) in [6.45, 7) is 2.86. The van der Waals surface area contributed by atoms with Gasteiger partial charge in [0.25, 0.3) is 5.69 Å². The largest absolute Gasteiger partial charge is 0.456 e. The first-order valence-corrected chi connectivity index (χ1v) is 10.3. The molecule has 0 radical (unpaired) electrons. The number of hydrogen-bond donors (Lipinski definition) is 1. The number of ether oxygens (including phenoxy) is 1. The van der Waals surface area contributed by atoms with E-state index in [0.29, 0.717) is 41.0 Å². The number of carbonyl (C=O) groups excluding carboxylic acids is 1. The van der Waals surface area contributed by atoms with E-state index in [-0.39, 0.29) is 11.6 Å². The Morgan fingerprint density at radius 2 is 1.91 bits per heavy atom.